The fourth-order valence-corrected chi connectivity index (χ4v) is 3.88. The molecule has 0 saturated heterocycles. The third kappa shape index (κ3) is 7.08. The zero-order chi connectivity index (χ0) is 23.8. The largest absolute Gasteiger partial charge is 0.484 e. The Morgan fingerprint density at radius 2 is 1.88 bits per heavy atom. The first-order valence-corrected chi connectivity index (χ1v) is 11.5. The summed E-state index contributed by atoms with van der Waals surface area (Å²) in [6.45, 7) is 5.85. The van der Waals surface area contributed by atoms with E-state index in [2.05, 4.69) is 15.5 Å². The van der Waals surface area contributed by atoms with Crippen LogP contribution in [0.4, 0.5) is 5.69 Å². The van der Waals surface area contributed by atoms with Crippen LogP contribution in [0.5, 0.6) is 5.75 Å². The standard InChI is InChI=1S/C24H28N4O4S/c1-5-18-8-6-7-9-20(18)25-21(29)14-28(4)23(30)17(3)33-24-27-26-22(32-24)15-31-19-12-10-16(2)11-13-19/h6-13,17H,5,14-15H2,1-4H3,(H,25,29). The van der Waals surface area contributed by atoms with Gasteiger partial charge >= 0.3 is 0 Å². The lowest BCUT2D eigenvalue weighted by atomic mass is 10.1. The molecule has 1 aromatic heterocycles. The molecule has 3 aromatic rings. The van der Waals surface area contributed by atoms with Gasteiger partial charge in [-0.05, 0) is 44.0 Å². The molecule has 2 amide bonds. The number of ether oxygens (including phenoxy) is 1. The van der Waals surface area contributed by atoms with Gasteiger partial charge in [-0.2, -0.15) is 0 Å². The van der Waals surface area contributed by atoms with Gasteiger partial charge in [-0.1, -0.05) is 54.6 Å². The van der Waals surface area contributed by atoms with Crippen molar-refractivity contribution in [2.24, 2.45) is 0 Å². The monoisotopic (exact) mass is 468 g/mol. The van der Waals surface area contributed by atoms with Crippen molar-refractivity contribution in [3.63, 3.8) is 0 Å². The molecule has 1 atom stereocenters. The number of nitrogens with one attached hydrogen (secondary N) is 1. The van der Waals surface area contributed by atoms with Crippen molar-refractivity contribution >= 4 is 29.3 Å². The van der Waals surface area contributed by atoms with Crippen molar-refractivity contribution < 1.29 is 18.7 Å². The first kappa shape index (κ1) is 24.3. The number of amides is 2. The van der Waals surface area contributed by atoms with E-state index in [1.807, 2.05) is 62.4 Å². The minimum Gasteiger partial charge on any atom is -0.484 e. The smallest absolute Gasteiger partial charge is 0.277 e. The number of para-hydroxylation sites is 1. The Morgan fingerprint density at radius 3 is 2.61 bits per heavy atom. The van der Waals surface area contributed by atoms with Gasteiger partial charge in [-0.3, -0.25) is 9.59 Å². The Labute approximate surface area is 197 Å². The second-order valence-electron chi connectivity index (χ2n) is 7.58. The Hall–Kier alpha value is -3.33. The van der Waals surface area contributed by atoms with E-state index in [1.165, 1.54) is 4.90 Å². The highest BCUT2D eigenvalue weighted by Gasteiger charge is 2.23. The highest BCUT2D eigenvalue weighted by molar-refractivity contribution is 8.00. The highest BCUT2D eigenvalue weighted by atomic mass is 32.2. The summed E-state index contributed by atoms with van der Waals surface area (Å²) in [4.78, 5) is 26.5. The first-order chi connectivity index (χ1) is 15.9. The maximum Gasteiger partial charge on any atom is 0.277 e. The highest BCUT2D eigenvalue weighted by Crippen LogP contribution is 2.24. The molecular weight excluding hydrogens is 440 g/mol. The number of carbonyl (C=O) groups excluding carboxylic acids is 2. The molecule has 0 aliphatic heterocycles. The summed E-state index contributed by atoms with van der Waals surface area (Å²) in [5.74, 6) is 0.560. The van der Waals surface area contributed by atoms with E-state index in [1.54, 1.807) is 14.0 Å². The molecule has 0 saturated carbocycles. The fourth-order valence-electron chi connectivity index (χ4n) is 3.07. The zero-order valence-corrected chi connectivity index (χ0v) is 20.0. The molecule has 1 unspecified atom stereocenters. The van der Waals surface area contributed by atoms with Crippen LogP contribution in [-0.2, 0) is 22.6 Å². The van der Waals surface area contributed by atoms with Gasteiger partial charge in [0.2, 0.25) is 11.8 Å². The Balaban J connectivity index is 1.48. The van der Waals surface area contributed by atoms with Crippen LogP contribution in [0.2, 0.25) is 0 Å². The molecule has 0 aliphatic carbocycles. The fraction of sp³-hybridized carbons (Fsp3) is 0.333. The number of carbonyl (C=O) groups is 2. The summed E-state index contributed by atoms with van der Waals surface area (Å²) in [7, 11) is 1.60. The van der Waals surface area contributed by atoms with Gasteiger partial charge in [0.25, 0.3) is 11.1 Å². The van der Waals surface area contributed by atoms with Crippen LogP contribution in [0.25, 0.3) is 0 Å². The maximum atomic E-state index is 12.7. The number of hydrogen-bond donors (Lipinski definition) is 1. The van der Waals surface area contributed by atoms with E-state index < -0.39 is 5.25 Å². The van der Waals surface area contributed by atoms with Gasteiger partial charge in [0, 0.05) is 12.7 Å². The third-order valence-corrected chi connectivity index (χ3v) is 5.81. The second-order valence-corrected chi connectivity index (χ2v) is 8.87. The number of hydrogen-bond acceptors (Lipinski definition) is 7. The number of aryl methyl sites for hydroxylation is 2. The predicted molar refractivity (Wildman–Crippen MR) is 127 cm³/mol. The molecule has 1 N–H and O–H groups in total. The minimum absolute atomic E-state index is 0.0543. The summed E-state index contributed by atoms with van der Waals surface area (Å²) < 4.78 is 11.2. The van der Waals surface area contributed by atoms with Gasteiger partial charge in [0.05, 0.1) is 11.8 Å². The Bertz CT molecular complexity index is 1080. The van der Waals surface area contributed by atoms with Crippen LogP contribution in [0.15, 0.2) is 58.2 Å². The summed E-state index contributed by atoms with van der Waals surface area (Å²) in [6.07, 6.45) is 0.807. The van der Waals surface area contributed by atoms with Crippen LogP contribution in [-0.4, -0.2) is 45.8 Å². The van der Waals surface area contributed by atoms with Crippen molar-refractivity contribution in [2.45, 2.75) is 44.3 Å². The molecule has 0 radical (unpaired) electrons. The van der Waals surface area contributed by atoms with Crippen LogP contribution in [0.1, 0.15) is 30.9 Å². The maximum absolute atomic E-state index is 12.7. The van der Waals surface area contributed by atoms with Crippen LogP contribution >= 0.6 is 11.8 Å². The third-order valence-electron chi connectivity index (χ3n) is 4.89. The number of aromatic nitrogens is 2. The molecule has 0 bridgehead atoms. The summed E-state index contributed by atoms with van der Waals surface area (Å²) in [5, 5.41) is 10.6. The Kier molecular flexibility index (Phi) is 8.48. The minimum atomic E-state index is -0.503. The molecule has 0 spiro atoms. The number of thioether (sulfide) groups is 1. The molecule has 174 valence electrons. The van der Waals surface area contributed by atoms with Gasteiger partial charge in [0.15, 0.2) is 6.61 Å². The van der Waals surface area contributed by atoms with E-state index in [9.17, 15) is 9.59 Å². The molecule has 3 rings (SSSR count). The lowest BCUT2D eigenvalue weighted by Gasteiger charge is -2.20. The van der Waals surface area contributed by atoms with Gasteiger partial charge in [-0.25, -0.2) is 0 Å². The number of anilines is 1. The topological polar surface area (TPSA) is 97.6 Å². The van der Waals surface area contributed by atoms with E-state index >= 15 is 0 Å². The zero-order valence-electron chi connectivity index (χ0n) is 19.2. The Morgan fingerprint density at radius 1 is 1.15 bits per heavy atom. The average Bonchev–Trinajstić information content (AvgIpc) is 3.25. The predicted octanol–water partition coefficient (Wildman–Crippen LogP) is 4.10. The SMILES string of the molecule is CCc1ccccc1NC(=O)CN(C)C(=O)C(C)Sc1nnc(COc2ccc(C)cc2)o1. The number of likely N-dealkylation sites (N-methyl/N-ethyl adjacent to an activating group) is 1. The van der Waals surface area contributed by atoms with E-state index in [0.29, 0.717) is 11.6 Å². The van der Waals surface area contributed by atoms with Crippen molar-refractivity contribution in [2.75, 3.05) is 18.9 Å². The summed E-state index contributed by atoms with van der Waals surface area (Å²) in [6, 6.07) is 15.3. The second kappa shape index (κ2) is 11.5. The first-order valence-electron chi connectivity index (χ1n) is 10.7. The molecule has 9 heteroatoms. The quantitative estimate of drug-likeness (QED) is 0.448. The van der Waals surface area contributed by atoms with Gasteiger partial charge in [0.1, 0.15) is 5.75 Å². The molecule has 8 nitrogen and oxygen atoms in total. The van der Waals surface area contributed by atoms with Crippen molar-refractivity contribution in [1.29, 1.82) is 0 Å². The molecule has 0 fully saturated rings. The lowest BCUT2D eigenvalue weighted by Crippen LogP contribution is -2.39. The van der Waals surface area contributed by atoms with Crippen molar-refractivity contribution in [3.8, 4) is 5.75 Å². The van der Waals surface area contributed by atoms with E-state index in [4.69, 9.17) is 9.15 Å². The number of rotatable bonds is 10. The average molecular weight is 469 g/mol. The molecule has 0 aliphatic rings. The number of benzene rings is 2. The summed E-state index contributed by atoms with van der Waals surface area (Å²) in [5.41, 5.74) is 2.95. The van der Waals surface area contributed by atoms with Crippen LogP contribution < -0.4 is 10.1 Å². The molecule has 33 heavy (non-hydrogen) atoms. The van der Waals surface area contributed by atoms with E-state index in [-0.39, 0.29) is 30.2 Å². The van der Waals surface area contributed by atoms with Gasteiger partial charge < -0.3 is 19.4 Å². The summed E-state index contributed by atoms with van der Waals surface area (Å²) >= 11 is 1.14. The molecule has 1 heterocycles. The molecule has 2 aromatic carbocycles. The normalized spacial score (nSPS) is 11.6. The van der Waals surface area contributed by atoms with E-state index in [0.717, 1.165) is 35.0 Å². The number of nitrogens with zero attached hydrogens (tertiary/aromatic N) is 3. The molecular formula is C24H28N4O4S. The van der Waals surface area contributed by atoms with Crippen LogP contribution in [0.3, 0.4) is 0 Å². The van der Waals surface area contributed by atoms with Crippen LogP contribution in [0, 0.1) is 6.92 Å². The van der Waals surface area contributed by atoms with Gasteiger partial charge in [-0.15, -0.1) is 10.2 Å². The van der Waals surface area contributed by atoms with Crippen molar-refractivity contribution in [1.82, 2.24) is 15.1 Å². The van der Waals surface area contributed by atoms with Crippen molar-refractivity contribution in [3.05, 3.63) is 65.5 Å². The lowest BCUT2D eigenvalue weighted by molar-refractivity contribution is -0.132.